The zero-order valence-electron chi connectivity index (χ0n) is 22.3. The first kappa shape index (κ1) is 26.3. The number of rotatable bonds is 7. The Balaban J connectivity index is 1.05. The predicted molar refractivity (Wildman–Crippen MR) is 150 cm³/mol. The summed E-state index contributed by atoms with van der Waals surface area (Å²) in [6.07, 6.45) is 3.82. The van der Waals surface area contributed by atoms with Crippen LogP contribution < -0.4 is 9.47 Å². The van der Waals surface area contributed by atoms with Crippen molar-refractivity contribution in [2.45, 2.75) is 50.7 Å². The Labute approximate surface area is 241 Å². The third-order valence-electron chi connectivity index (χ3n) is 8.38. The van der Waals surface area contributed by atoms with Gasteiger partial charge < -0.3 is 23.9 Å². The van der Waals surface area contributed by atoms with Gasteiger partial charge in [0.25, 0.3) is 6.29 Å². The zero-order valence-corrected chi connectivity index (χ0v) is 23.0. The van der Waals surface area contributed by atoms with E-state index < -0.39 is 18.1 Å². The quantitative estimate of drug-likeness (QED) is 0.281. The van der Waals surface area contributed by atoms with E-state index in [1.807, 2.05) is 28.8 Å². The number of aromatic carboxylic acids is 1. The normalized spacial score (nSPS) is 20.8. The second-order valence-electron chi connectivity index (χ2n) is 10.9. The Hall–Kier alpha value is -3.66. The van der Waals surface area contributed by atoms with E-state index in [9.17, 15) is 14.3 Å². The number of piperidine rings is 1. The number of likely N-dealkylation sites (tertiary alicyclic amines) is 1. The van der Waals surface area contributed by atoms with Crippen LogP contribution in [0, 0.1) is 5.82 Å². The van der Waals surface area contributed by atoms with Gasteiger partial charge in [-0.05, 0) is 80.2 Å². The molecule has 0 spiro atoms. The van der Waals surface area contributed by atoms with Crippen LogP contribution in [0.4, 0.5) is 4.39 Å². The molecule has 3 aliphatic rings. The molecule has 8 nitrogen and oxygen atoms in total. The third kappa shape index (κ3) is 5.03. The average molecular weight is 578 g/mol. The summed E-state index contributed by atoms with van der Waals surface area (Å²) in [4.78, 5) is 19.0. The van der Waals surface area contributed by atoms with Crippen molar-refractivity contribution in [3.05, 3.63) is 88.0 Å². The highest BCUT2D eigenvalue weighted by atomic mass is 35.5. The van der Waals surface area contributed by atoms with Crippen LogP contribution >= 0.6 is 11.6 Å². The van der Waals surface area contributed by atoms with Crippen LogP contribution in [-0.4, -0.2) is 51.3 Å². The number of ether oxygens (including phenoxy) is 3. The number of imidazole rings is 1. The summed E-state index contributed by atoms with van der Waals surface area (Å²) >= 11 is 5.91. The summed E-state index contributed by atoms with van der Waals surface area (Å²) in [5.74, 6) is 0.0968. The molecule has 3 aliphatic heterocycles. The molecule has 2 fully saturated rings. The minimum absolute atomic E-state index is 0.161. The molecule has 2 atom stereocenters. The van der Waals surface area contributed by atoms with Crippen LogP contribution in [-0.2, 0) is 17.8 Å². The summed E-state index contributed by atoms with van der Waals surface area (Å²) in [6.45, 7) is 3.59. The van der Waals surface area contributed by atoms with E-state index in [-0.39, 0.29) is 12.0 Å². The predicted octanol–water partition coefficient (Wildman–Crippen LogP) is 6.17. The lowest BCUT2D eigenvalue weighted by molar-refractivity contribution is -0.0586. The van der Waals surface area contributed by atoms with Gasteiger partial charge in [0.2, 0.25) is 0 Å². The van der Waals surface area contributed by atoms with Crippen molar-refractivity contribution in [2.24, 2.45) is 0 Å². The molecule has 10 heteroatoms. The van der Waals surface area contributed by atoms with Gasteiger partial charge in [-0.3, -0.25) is 4.90 Å². The fourth-order valence-corrected chi connectivity index (χ4v) is 6.21. The molecule has 0 amide bonds. The molecular weight excluding hydrogens is 549 g/mol. The van der Waals surface area contributed by atoms with E-state index in [1.54, 1.807) is 24.5 Å². The first-order valence-electron chi connectivity index (χ1n) is 13.9. The first-order chi connectivity index (χ1) is 19.9. The molecule has 0 unspecified atom stereocenters. The number of fused-ring (bicyclic) bond motifs is 2. The molecule has 0 aliphatic carbocycles. The van der Waals surface area contributed by atoms with Gasteiger partial charge in [-0.15, -0.1) is 0 Å². The van der Waals surface area contributed by atoms with E-state index in [0.717, 1.165) is 61.1 Å². The molecule has 41 heavy (non-hydrogen) atoms. The summed E-state index contributed by atoms with van der Waals surface area (Å²) in [7, 11) is 0. The minimum Gasteiger partial charge on any atom is -0.478 e. The van der Waals surface area contributed by atoms with E-state index in [0.29, 0.717) is 40.7 Å². The van der Waals surface area contributed by atoms with Gasteiger partial charge in [-0.1, -0.05) is 23.7 Å². The number of aromatic nitrogens is 2. The highest BCUT2D eigenvalue weighted by Gasteiger charge is 2.33. The maximum Gasteiger partial charge on any atom is 0.336 e. The second-order valence-corrected chi connectivity index (χ2v) is 11.4. The van der Waals surface area contributed by atoms with Gasteiger partial charge in [0.15, 0.2) is 11.5 Å². The molecule has 0 saturated carbocycles. The van der Waals surface area contributed by atoms with Crippen molar-refractivity contribution in [3.63, 3.8) is 0 Å². The Morgan fingerprint density at radius 1 is 1.07 bits per heavy atom. The van der Waals surface area contributed by atoms with Gasteiger partial charge in [0.05, 0.1) is 41.1 Å². The fraction of sp³-hybridized carbons (Fsp3) is 0.355. The maximum atomic E-state index is 14.5. The lowest BCUT2D eigenvalue weighted by Crippen LogP contribution is -2.33. The fourth-order valence-electron chi connectivity index (χ4n) is 6.05. The molecule has 1 N–H and O–H groups in total. The van der Waals surface area contributed by atoms with Gasteiger partial charge in [0.1, 0.15) is 5.82 Å². The third-order valence-corrected chi connectivity index (χ3v) is 8.61. The Morgan fingerprint density at radius 2 is 1.90 bits per heavy atom. The highest BCUT2D eigenvalue weighted by molar-refractivity contribution is 6.30. The van der Waals surface area contributed by atoms with E-state index >= 15 is 0 Å². The van der Waals surface area contributed by atoms with Crippen molar-refractivity contribution >= 4 is 28.6 Å². The van der Waals surface area contributed by atoms with Gasteiger partial charge in [-0.25, -0.2) is 14.2 Å². The average Bonchev–Trinajstić information content (AvgIpc) is 3.54. The highest BCUT2D eigenvalue weighted by Crippen LogP contribution is 2.47. The zero-order chi connectivity index (χ0) is 28.1. The number of hydrogen-bond acceptors (Lipinski definition) is 6. The van der Waals surface area contributed by atoms with Crippen molar-refractivity contribution in [3.8, 4) is 11.5 Å². The van der Waals surface area contributed by atoms with Crippen LogP contribution in [0.3, 0.4) is 0 Å². The molecule has 2 saturated heterocycles. The number of nitrogens with zero attached hydrogens (tertiary/aromatic N) is 3. The van der Waals surface area contributed by atoms with Crippen LogP contribution in [0.2, 0.25) is 5.02 Å². The number of carbonyl (C=O) groups is 1. The SMILES string of the molecule is O=C(O)c1cc2c(cc1CN1CCC(c3cccc4c3O[C@@H](c3ccc(Cl)cc3F)O4)CC1)ncn2C[C@@H]1CCO1. The van der Waals surface area contributed by atoms with E-state index in [2.05, 4.69) is 9.88 Å². The minimum atomic E-state index is -0.937. The number of benzene rings is 3. The summed E-state index contributed by atoms with van der Waals surface area (Å²) in [6, 6.07) is 13.9. The standard InChI is InChI=1S/C31H29ClFN3O5/c32-20-4-5-23(25(33)13-20)31-40-28-3-1-2-22(29(28)41-31)18-6-9-35(10-7-18)15-19-12-26-27(14-24(19)30(37)38)36(17-34-26)16-21-8-11-39-21/h1-5,12-14,17-18,21,31H,6-11,15-16H2,(H,37,38)/t21-,31-/m0/s1. The summed E-state index contributed by atoms with van der Waals surface area (Å²) in [5.41, 5.74) is 4.04. The summed E-state index contributed by atoms with van der Waals surface area (Å²) < 4.78 is 34.2. The molecule has 4 aromatic rings. The van der Waals surface area contributed by atoms with Crippen molar-refractivity contribution in [1.29, 1.82) is 0 Å². The molecule has 7 rings (SSSR count). The lowest BCUT2D eigenvalue weighted by Gasteiger charge is -2.32. The van der Waals surface area contributed by atoms with Crippen molar-refractivity contribution < 1.29 is 28.5 Å². The Kier molecular flexibility index (Phi) is 6.81. The van der Waals surface area contributed by atoms with Gasteiger partial charge >= 0.3 is 5.97 Å². The Morgan fingerprint density at radius 3 is 2.63 bits per heavy atom. The topological polar surface area (TPSA) is 86.0 Å². The number of carboxylic acids is 1. The van der Waals surface area contributed by atoms with Crippen molar-refractivity contribution in [1.82, 2.24) is 14.5 Å². The second kappa shape index (κ2) is 10.6. The largest absolute Gasteiger partial charge is 0.478 e. The number of hydrogen-bond donors (Lipinski definition) is 1. The monoisotopic (exact) mass is 577 g/mol. The first-order valence-corrected chi connectivity index (χ1v) is 14.3. The van der Waals surface area contributed by atoms with Gasteiger partial charge in [-0.2, -0.15) is 0 Å². The van der Waals surface area contributed by atoms with Crippen LogP contribution in [0.25, 0.3) is 11.0 Å². The summed E-state index contributed by atoms with van der Waals surface area (Å²) in [5, 5.41) is 10.3. The molecule has 1 aromatic heterocycles. The van der Waals surface area contributed by atoms with Gasteiger partial charge in [0, 0.05) is 23.7 Å². The molecular formula is C31H29ClFN3O5. The molecule has 0 bridgehead atoms. The van der Waals surface area contributed by atoms with Crippen LogP contribution in [0.15, 0.2) is 54.9 Å². The molecule has 0 radical (unpaired) electrons. The van der Waals surface area contributed by atoms with E-state index in [1.165, 1.54) is 6.07 Å². The van der Waals surface area contributed by atoms with Crippen LogP contribution in [0.1, 0.15) is 58.5 Å². The molecule has 4 heterocycles. The smallest absolute Gasteiger partial charge is 0.336 e. The van der Waals surface area contributed by atoms with Crippen LogP contribution in [0.5, 0.6) is 11.5 Å². The van der Waals surface area contributed by atoms with Crippen molar-refractivity contribution in [2.75, 3.05) is 19.7 Å². The number of halogens is 2. The van der Waals surface area contributed by atoms with E-state index in [4.69, 9.17) is 25.8 Å². The molecule has 212 valence electrons. The lowest BCUT2D eigenvalue weighted by atomic mass is 9.88. The number of carboxylic acid groups (broad SMARTS) is 1. The maximum absolute atomic E-state index is 14.5. The molecule has 3 aromatic carbocycles. The number of para-hydroxylation sites is 1. The Bertz CT molecular complexity index is 1630.